The predicted octanol–water partition coefficient (Wildman–Crippen LogP) is 2.97. The smallest absolute Gasteiger partial charge is 0.258 e. The molecule has 0 unspecified atom stereocenters. The molecule has 23 heavy (non-hydrogen) atoms. The van der Waals surface area contributed by atoms with Crippen LogP contribution in [0.5, 0.6) is 11.5 Å². The molecule has 0 aliphatic carbocycles. The second-order valence-corrected chi connectivity index (χ2v) is 5.63. The van der Waals surface area contributed by atoms with Crippen LogP contribution in [0, 0.1) is 0 Å². The Bertz CT molecular complexity index is 703. The van der Waals surface area contributed by atoms with Crippen LogP contribution in [0.3, 0.4) is 0 Å². The number of benzene rings is 2. The molecule has 5 nitrogen and oxygen atoms in total. The maximum Gasteiger partial charge on any atom is 0.258 e. The normalized spacial score (nSPS) is 10.0. The standard InChI is InChI=1S/C17H16BrNO4/c1-22-15-4-2-3-12(7-15)9-19-17(21)11-23-16-6-5-14(18)8-13(16)10-20/h2-8,10H,9,11H2,1H3,(H,19,21). The van der Waals surface area contributed by atoms with Crippen molar-refractivity contribution in [1.29, 1.82) is 0 Å². The molecule has 1 N–H and O–H groups in total. The molecule has 0 saturated heterocycles. The first-order valence-corrected chi connectivity index (χ1v) is 7.69. The van der Waals surface area contributed by atoms with Crippen molar-refractivity contribution in [3.05, 3.63) is 58.1 Å². The lowest BCUT2D eigenvalue weighted by molar-refractivity contribution is -0.123. The van der Waals surface area contributed by atoms with Crippen molar-refractivity contribution >= 4 is 28.1 Å². The van der Waals surface area contributed by atoms with Gasteiger partial charge in [0.25, 0.3) is 5.91 Å². The number of methoxy groups -OCH3 is 1. The molecule has 6 heteroatoms. The van der Waals surface area contributed by atoms with E-state index in [9.17, 15) is 9.59 Å². The summed E-state index contributed by atoms with van der Waals surface area (Å²) in [5.41, 5.74) is 1.31. The molecule has 2 aromatic carbocycles. The van der Waals surface area contributed by atoms with Crippen molar-refractivity contribution < 1.29 is 19.1 Å². The van der Waals surface area contributed by atoms with E-state index >= 15 is 0 Å². The average Bonchev–Trinajstić information content (AvgIpc) is 2.58. The Morgan fingerprint density at radius 1 is 1.26 bits per heavy atom. The summed E-state index contributed by atoms with van der Waals surface area (Å²) in [7, 11) is 1.59. The summed E-state index contributed by atoms with van der Waals surface area (Å²) in [6.07, 6.45) is 0.689. The molecule has 0 aliphatic rings. The van der Waals surface area contributed by atoms with Gasteiger partial charge >= 0.3 is 0 Å². The zero-order valence-electron chi connectivity index (χ0n) is 12.5. The third-order valence-corrected chi connectivity index (χ3v) is 3.57. The van der Waals surface area contributed by atoms with Crippen LogP contribution in [0.2, 0.25) is 0 Å². The Hall–Kier alpha value is -2.34. The summed E-state index contributed by atoms with van der Waals surface area (Å²) in [5, 5.41) is 2.75. The molecule has 0 radical (unpaired) electrons. The van der Waals surface area contributed by atoms with Gasteiger partial charge in [0.05, 0.1) is 12.7 Å². The Labute approximate surface area is 142 Å². The summed E-state index contributed by atoms with van der Waals surface area (Å²) in [6, 6.07) is 12.5. The molecule has 0 heterocycles. The highest BCUT2D eigenvalue weighted by molar-refractivity contribution is 9.10. The highest BCUT2D eigenvalue weighted by Gasteiger charge is 2.07. The molecule has 2 rings (SSSR count). The first-order valence-electron chi connectivity index (χ1n) is 6.89. The third-order valence-electron chi connectivity index (χ3n) is 3.08. The molecular weight excluding hydrogens is 362 g/mol. The van der Waals surface area contributed by atoms with Crippen LogP contribution in [-0.2, 0) is 11.3 Å². The minimum atomic E-state index is -0.271. The first kappa shape index (κ1) is 17.0. The molecule has 0 bridgehead atoms. The molecular formula is C17H16BrNO4. The highest BCUT2D eigenvalue weighted by atomic mass is 79.9. The monoisotopic (exact) mass is 377 g/mol. The molecule has 0 atom stereocenters. The van der Waals surface area contributed by atoms with E-state index in [-0.39, 0.29) is 12.5 Å². The van der Waals surface area contributed by atoms with Crippen molar-refractivity contribution in [3.8, 4) is 11.5 Å². The van der Waals surface area contributed by atoms with Crippen molar-refractivity contribution in [2.45, 2.75) is 6.54 Å². The molecule has 2 aromatic rings. The number of carbonyl (C=O) groups excluding carboxylic acids is 2. The number of rotatable bonds is 7. The van der Waals surface area contributed by atoms with Gasteiger partial charge in [0.15, 0.2) is 12.9 Å². The fourth-order valence-corrected chi connectivity index (χ4v) is 2.30. The van der Waals surface area contributed by atoms with E-state index in [0.29, 0.717) is 24.1 Å². The minimum Gasteiger partial charge on any atom is -0.497 e. The number of hydrogen-bond donors (Lipinski definition) is 1. The van der Waals surface area contributed by atoms with E-state index in [4.69, 9.17) is 9.47 Å². The third kappa shape index (κ3) is 5.10. The number of nitrogens with one attached hydrogen (secondary N) is 1. The fourth-order valence-electron chi connectivity index (χ4n) is 1.92. The van der Waals surface area contributed by atoms with Crippen molar-refractivity contribution in [1.82, 2.24) is 5.32 Å². The van der Waals surface area contributed by atoms with Crippen LogP contribution in [0.1, 0.15) is 15.9 Å². The number of carbonyl (C=O) groups is 2. The number of aldehydes is 1. The quantitative estimate of drug-likeness (QED) is 0.753. The van der Waals surface area contributed by atoms with E-state index in [1.165, 1.54) is 0 Å². The summed E-state index contributed by atoms with van der Waals surface area (Å²) in [4.78, 5) is 22.8. The van der Waals surface area contributed by atoms with Crippen molar-refractivity contribution in [3.63, 3.8) is 0 Å². The van der Waals surface area contributed by atoms with E-state index in [1.807, 2.05) is 24.3 Å². The molecule has 120 valence electrons. The van der Waals surface area contributed by atoms with Crippen LogP contribution in [-0.4, -0.2) is 25.9 Å². The van der Waals surface area contributed by atoms with Crippen LogP contribution < -0.4 is 14.8 Å². The Balaban J connectivity index is 1.86. The van der Waals surface area contributed by atoms with Crippen LogP contribution in [0.15, 0.2) is 46.9 Å². The average molecular weight is 378 g/mol. The van der Waals surface area contributed by atoms with E-state index in [2.05, 4.69) is 21.2 Å². The zero-order chi connectivity index (χ0) is 16.7. The van der Waals surface area contributed by atoms with Crippen LogP contribution in [0.4, 0.5) is 0 Å². The highest BCUT2D eigenvalue weighted by Crippen LogP contribution is 2.21. The van der Waals surface area contributed by atoms with Gasteiger partial charge in [-0.15, -0.1) is 0 Å². The number of hydrogen-bond acceptors (Lipinski definition) is 4. The van der Waals surface area contributed by atoms with Gasteiger partial charge in [0.1, 0.15) is 11.5 Å². The maximum atomic E-state index is 11.8. The van der Waals surface area contributed by atoms with Gasteiger partial charge in [-0.05, 0) is 35.9 Å². The van der Waals surface area contributed by atoms with Gasteiger partial charge in [-0.25, -0.2) is 0 Å². The lowest BCUT2D eigenvalue weighted by atomic mass is 10.2. The minimum absolute atomic E-state index is 0.160. The predicted molar refractivity (Wildman–Crippen MR) is 89.9 cm³/mol. The van der Waals surface area contributed by atoms with Crippen molar-refractivity contribution in [2.75, 3.05) is 13.7 Å². The second kappa shape index (κ2) is 8.33. The Kier molecular flexibility index (Phi) is 6.17. The largest absolute Gasteiger partial charge is 0.497 e. The molecule has 0 spiro atoms. The molecule has 1 amide bonds. The fraction of sp³-hybridized carbons (Fsp3) is 0.176. The van der Waals surface area contributed by atoms with E-state index < -0.39 is 0 Å². The van der Waals surface area contributed by atoms with Crippen molar-refractivity contribution in [2.24, 2.45) is 0 Å². The Morgan fingerprint density at radius 3 is 2.83 bits per heavy atom. The van der Waals surface area contributed by atoms with E-state index in [1.54, 1.807) is 25.3 Å². The topological polar surface area (TPSA) is 64.6 Å². The van der Waals surface area contributed by atoms with Crippen LogP contribution >= 0.6 is 15.9 Å². The number of halogens is 1. The lowest BCUT2D eigenvalue weighted by Crippen LogP contribution is -2.28. The lowest BCUT2D eigenvalue weighted by Gasteiger charge is -2.10. The molecule has 0 aromatic heterocycles. The Morgan fingerprint density at radius 2 is 2.09 bits per heavy atom. The zero-order valence-corrected chi connectivity index (χ0v) is 14.1. The van der Waals surface area contributed by atoms with Gasteiger partial charge in [0, 0.05) is 11.0 Å². The molecule has 0 fully saturated rings. The molecule has 0 aliphatic heterocycles. The summed E-state index contributed by atoms with van der Waals surface area (Å²) < 4.78 is 11.3. The number of amides is 1. The first-order chi connectivity index (χ1) is 11.1. The van der Waals surface area contributed by atoms with Gasteiger partial charge < -0.3 is 14.8 Å². The van der Waals surface area contributed by atoms with Crippen LogP contribution in [0.25, 0.3) is 0 Å². The van der Waals surface area contributed by atoms with E-state index in [0.717, 1.165) is 15.8 Å². The summed E-state index contributed by atoms with van der Waals surface area (Å²) in [6.45, 7) is 0.215. The SMILES string of the molecule is COc1cccc(CNC(=O)COc2ccc(Br)cc2C=O)c1. The maximum absolute atomic E-state index is 11.8. The molecule has 0 saturated carbocycles. The van der Waals surface area contributed by atoms with Gasteiger partial charge in [0.2, 0.25) is 0 Å². The van der Waals surface area contributed by atoms with Gasteiger partial charge in [-0.3, -0.25) is 9.59 Å². The van der Waals surface area contributed by atoms with Gasteiger partial charge in [-0.1, -0.05) is 28.1 Å². The second-order valence-electron chi connectivity index (χ2n) is 4.72. The summed E-state index contributed by atoms with van der Waals surface area (Å²) >= 11 is 3.28. The number of ether oxygens (including phenoxy) is 2. The van der Waals surface area contributed by atoms with Gasteiger partial charge in [-0.2, -0.15) is 0 Å². The summed E-state index contributed by atoms with van der Waals surface area (Å²) in [5.74, 6) is 0.839.